The number of carbonyl (C=O) groups is 1. The number of ether oxygens (including phenoxy) is 1. The Morgan fingerprint density at radius 1 is 1.17 bits per heavy atom. The molecule has 9 heteroatoms. The average Bonchev–Trinajstić information content (AvgIpc) is 2.66. The molecule has 0 aliphatic heterocycles. The zero-order chi connectivity index (χ0) is 21.7. The van der Waals surface area contributed by atoms with E-state index in [1.165, 1.54) is 12.3 Å². The SMILES string of the molecule is CS(=O)(=O)Cc1ccc(CNC(=O)NC2CCCc3cc(OC(F)F)ccc32)cc1. The largest absolute Gasteiger partial charge is 0.435 e. The third-order valence-electron chi connectivity index (χ3n) is 4.86. The summed E-state index contributed by atoms with van der Waals surface area (Å²) in [4.78, 5) is 12.3. The molecule has 1 unspecified atom stereocenters. The fourth-order valence-electron chi connectivity index (χ4n) is 3.56. The standard InChI is InChI=1S/C21H24F2N2O4S/c1-30(27,28)13-15-7-5-14(6-8-15)12-24-21(26)25-19-4-2-3-16-11-17(29-20(22)23)9-10-18(16)19/h5-11,19-20H,2-4,12-13H2,1H3,(H2,24,25,26). The van der Waals surface area contributed by atoms with E-state index in [-0.39, 0.29) is 23.6 Å². The second kappa shape index (κ2) is 9.42. The number of sulfone groups is 1. The van der Waals surface area contributed by atoms with E-state index in [1.54, 1.807) is 36.4 Å². The summed E-state index contributed by atoms with van der Waals surface area (Å²) in [5.74, 6) is 0.0972. The van der Waals surface area contributed by atoms with Gasteiger partial charge in [-0.1, -0.05) is 30.3 Å². The predicted octanol–water partition coefficient (Wildman–Crippen LogP) is 3.71. The summed E-state index contributed by atoms with van der Waals surface area (Å²) in [6.07, 6.45) is 3.52. The van der Waals surface area contributed by atoms with Gasteiger partial charge in [0.2, 0.25) is 0 Å². The van der Waals surface area contributed by atoms with Crippen LogP contribution in [0.2, 0.25) is 0 Å². The number of aryl methyl sites for hydroxylation is 1. The van der Waals surface area contributed by atoms with Crippen molar-refractivity contribution in [2.24, 2.45) is 0 Å². The summed E-state index contributed by atoms with van der Waals surface area (Å²) >= 11 is 0. The summed E-state index contributed by atoms with van der Waals surface area (Å²) in [6.45, 7) is -2.57. The first-order valence-corrected chi connectivity index (χ1v) is 11.6. The maximum absolute atomic E-state index is 12.4. The molecular weight excluding hydrogens is 414 g/mol. The van der Waals surface area contributed by atoms with Gasteiger partial charge in [0, 0.05) is 12.8 Å². The minimum Gasteiger partial charge on any atom is -0.435 e. The van der Waals surface area contributed by atoms with E-state index < -0.39 is 16.4 Å². The van der Waals surface area contributed by atoms with Gasteiger partial charge in [0.05, 0.1) is 11.8 Å². The van der Waals surface area contributed by atoms with Gasteiger partial charge in [-0.15, -0.1) is 0 Å². The first-order chi connectivity index (χ1) is 14.2. The number of benzene rings is 2. The highest BCUT2D eigenvalue weighted by atomic mass is 32.2. The lowest BCUT2D eigenvalue weighted by molar-refractivity contribution is -0.0499. The van der Waals surface area contributed by atoms with Crippen LogP contribution in [0.1, 0.15) is 41.1 Å². The molecule has 1 atom stereocenters. The van der Waals surface area contributed by atoms with E-state index in [0.717, 1.165) is 36.0 Å². The van der Waals surface area contributed by atoms with Gasteiger partial charge >= 0.3 is 12.6 Å². The molecule has 0 saturated carbocycles. The van der Waals surface area contributed by atoms with Crippen LogP contribution in [0.4, 0.5) is 13.6 Å². The van der Waals surface area contributed by atoms with Crippen LogP contribution in [-0.2, 0) is 28.6 Å². The molecule has 0 aromatic heterocycles. The molecule has 0 spiro atoms. The molecule has 30 heavy (non-hydrogen) atoms. The lowest BCUT2D eigenvalue weighted by Crippen LogP contribution is -2.38. The van der Waals surface area contributed by atoms with E-state index in [4.69, 9.17) is 0 Å². The molecule has 0 fully saturated rings. The van der Waals surface area contributed by atoms with Crippen molar-refractivity contribution in [1.29, 1.82) is 0 Å². The topological polar surface area (TPSA) is 84.5 Å². The van der Waals surface area contributed by atoms with Crippen LogP contribution >= 0.6 is 0 Å². The van der Waals surface area contributed by atoms with Crippen LogP contribution in [0.25, 0.3) is 0 Å². The Bertz CT molecular complexity index is 995. The number of fused-ring (bicyclic) bond motifs is 1. The predicted molar refractivity (Wildman–Crippen MR) is 109 cm³/mol. The normalized spacial score (nSPS) is 16.1. The summed E-state index contributed by atoms with van der Waals surface area (Å²) in [5, 5.41) is 5.72. The third kappa shape index (κ3) is 6.41. The van der Waals surface area contributed by atoms with Crippen LogP contribution in [0.3, 0.4) is 0 Å². The smallest absolute Gasteiger partial charge is 0.387 e. The fourth-order valence-corrected chi connectivity index (χ4v) is 4.36. The molecule has 162 valence electrons. The Morgan fingerprint density at radius 3 is 2.53 bits per heavy atom. The number of alkyl halides is 2. The molecule has 3 rings (SSSR count). The fraction of sp³-hybridized carbons (Fsp3) is 0.381. The van der Waals surface area contributed by atoms with Crippen LogP contribution < -0.4 is 15.4 Å². The molecule has 2 aromatic carbocycles. The second-order valence-electron chi connectivity index (χ2n) is 7.40. The van der Waals surface area contributed by atoms with Gasteiger partial charge in [-0.2, -0.15) is 8.78 Å². The number of nitrogens with one attached hydrogen (secondary N) is 2. The Balaban J connectivity index is 1.56. The Labute approximate surface area is 174 Å². The monoisotopic (exact) mass is 438 g/mol. The lowest BCUT2D eigenvalue weighted by Gasteiger charge is -2.27. The zero-order valence-electron chi connectivity index (χ0n) is 16.5. The quantitative estimate of drug-likeness (QED) is 0.690. The maximum atomic E-state index is 12.4. The number of carbonyl (C=O) groups excluding carboxylic acids is 1. The van der Waals surface area contributed by atoms with Crippen molar-refractivity contribution in [3.8, 4) is 5.75 Å². The average molecular weight is 438 g/mol. The van der Waals surface area contributed by atoms with Crippen molar-refractivity contribution in [3.05, 3.63) is 64.7 Å². The van der Waals surface area contributed by atoms with Crippen LogP contribution in [0.15, 0.2) is 42.5 Å². The van der Waals surface area contributed by atoms with Gasteiger partial charge in [-0.05, 0) is 53.6 Å². The van der Waals surface area contributed by atoms with E-state index in [9.17, 15) is 22.0 Å². The van der Waals surface area contributed by atoms with Gasteiger partial charge in [0.1, 0.15) is 5.75 Å². The third-order valence-corrected chi connectivity index (χ3v) is 5.72. The van der Waals surface area contributed by atoms with Crippen molar-refractivity contribution >= 4 is 15.9 Å². The van der Waals surface area contributed by atoms with Crippen LogP contribution in [0, 0.1) is 0 Å². The molecule has 2 N–H and O–H groups in total. The minimum absolute atomic E-state index is 0.0215. The van der Waals surface area contributed by atoms with Gasteiger partial charge < -0.3 is 15.4 Å². The highest BCUT2D eigenvalue weighted by molar-refractivity contribution is 7.89. The Hall–Kier alpha value is -2.68. The van der Waals surface area contributed by atoms with E-state index in [0.29, 0.717) is 12.1 Å². The summed E-state index contributed by atoms with van der Waals surface area (Å²) in [7, 11) is -3.09. The zero-order valence-corrected chi connectivity index (χ0v) is 17.3. The molecule has 2 amide bonds. The molecule has 0 radical (unpaired) electrons. The first kappa shape index (κ1) is 22.0. The number of halogens is 2. The summed E-state index contributed by atoms with van der Waals surface area (Å²) in [5.41, 5.74) is 3.34. The number of hydrogen-bond acceptors (Lipinski definition) is 4. The molecule has 6 nitrogen and oxygen atoms in total. The van der Waals surface area contributed by atoms with Gasteiger partial charge in [-0.3, -0.25) is 0 Å². The van der Waals surface area contributed by atoms with Crippen molar-refractivity contribution in [1.82, 2.24) is 10.6 Å². The Morgan fingerprint density at radius 2 is 1.87 bits per heavy atom. The van der Waals surface area contributed by atoms with E-state index >= 15 is 0 Å². The Kier molecular flexibility index (Phi) is 6.91. The second-order valence-corrected chi connectivity index (χ2v) is 9.54. The van der Waals surface area contributed by atoms with Crippen molar-refractivity contribution in [2.75, 3.05) is 6.26 Å². The van der Waals surface area contributed by atoms with Crippen LogP contribution in [0.5, 0.6) is 5.75 Å². The van der Waals surface area contributed by atoms with Gasteiger partial charge in [0.25, 0.3) is 0 Å². The molecule has 1 aliphatic rings. The van der Waals surface area contributed by atoms with E-state index in [1.807, 2.05) is 0 Å². The molecule has 0 bridgehead atoms. The molecule has 0 saturated heterocycles. The maximum Gasteiger partial charge on any atom is 0.387 e. The number of rotatable bonds is 7. The van der Waals surface area contributed by atoms with Crippen LogP contribution in [-0.4, -0.2) is 27.3 Å². The highest BCUT2D eigenvalue weighted by Crippen LogP contribution is 2.32. The number of urea groups is 1. The van der Waals surface area contributed by atoms with Gasteiger partial charge in [0.15, 0.2) is 9.84 Å². The van der Waals surface area contributed by atoms with Crippen molar-refractivity contribution in [2.45, 2.75) is 44.2 Å². The lowest BCUT2D eigenvalue weighted by atomic mass is 9.87. The summed E-state index contributed by atoms with van der Waals surface area (Å²) in [6, 6.07) is 11.3. The molecule has 2 aromatic rings. The van der Waals surface area contributed by atoms with Gasteiger partial charge in [-0.25, -0.2) is 13.2 Å². The molecule has 1 aliphatic carbocycles. The van der Waals surface area contributed by atoms with E-state index in [2.05, 4.69) is 15.4 Å². The number of hydrogen-bond donors (Lipinski definition) is 2. The molecular formula is C21H24F2N2O4S. The summed E-state index contributed by atoms with van der Waals surface area (Å²) < 4.78 is 51.9. The van der Waals surface area contributed by atoms with Crippen molar-refractivity contribution < 1.29 is 26.7 Å². The minimum atomic E-state index is -3.09. The number of amides is 2. The first-order valence-electron chi connectivity index (χ1n) is 9.57. The van der Waals surface area contributed by atoms with Crippen molar-refractivity contribution in [3.63, 3.8) is 0 Å². The molecule has 0 heterocycles. The highest BCUT2D eigenvalue weighted by Gasteiger charge is 2.22.